The lowest BCUT2D eigenvalue weighted by Gasteiger charge is -2.23. The number of anilines is 1. The molecule has 9 heteroatoms. The number of halogens is 2. The van der Waals surface area contributed by atoms with Crippen LogP contribution in [0.3, 0.4) is 0 Å². The topological polar surface area (TPSA) is 63.1 Å². The highest BCUT2D eigenvalue weighted by Crippen LogP contribution is 2.30. The van der Waals surface area contributed by atoms with Gasteiger partial charge in [-0.15, -0.1) is 10.2 Å². The summed E-state index contributed by atoms with van der Waals surface area (Å²) < 4.78 is 2.15. The Labute approximate surface area is 187 Å². The molecular formula is C20H29Cl2N5OS. The number of carbonyl (C=O) groups excluding carboxylic acids is 1. The molecule has 1 aromatic carbocycles. The van der Waals surface area contributed by atoms with Crippen LogP contribution in [-0.4, -0.2) is 44.9 Å². The van der Waals surface area contributed by atoms with Gasteiger partial charge in [0.2, 0.25) is 5.91 Å². The molecule has 2 rings (SSSR count). The second-order valence-electron chi connectivity index (χ2n) is 7.11. The summed E-state index contributed by atoms with van der Waals surface area (Å²) in [7, 11) is 4.09. The Kier molecular flexibility index (Phi) is 9.27. The van der Waals surface area contributed by atoms with Gasteiger partial charge in [-0.25, -0.2) is 0 Å². The fourth-order valence-electron chi connectivity index (χ4n) is 2.98. The van der Waals surface area contributed by atoms with E-state index in [2.05, 4.69) is 38.8 Å². The average Bonchev–Trinajstić information content (AvgIpc) is 3.04. The highest BCUT2D eigenvalue weighted by atomic mass is 35.5. The molecule has 2 aromatic rings. The highest BCUT2D eigenvalue weighted by molar-refractivity contribution is 8.00. The maximum absolute atomic E-state index is 12.7. The number of carbonyl (C=O) groups is 1. The molecule has 0 aliphatic rings. The lowest BCUT2D eigenvalue weighted by molar-refractivity contribution is -0.115. The van der Waals surface area contributed by atoms with Gasteiger partial charge < -0.3 is 9.88 Å². The van der Waals surface area contributed by atoms with Gasteiger partial charge in [-0.05, 0) is 52.1 Å². The van der Waals surface area contributed by atoms with Crippen molar-refractivity contribution in [3.05, 3.63) is 34.1 Å². The summed E-state index contributed by atoms with van der Waals surface area (Å²) in [6.07, 6.45) is 3.04. The van der Waals surface area contributed by atoms with Crippen molar-refractivity contribution in [1.82, 2.24) is 19.7 Å². The first-order valence-electron chi connectivity index (χ1n) is 9.80. The average molecular weight is 458 g/mol. The van der Waals surface area contributed by atoms with Crippen LogP contribution in [0.5, 0.6) is 0 Å². The zero-order valence-electron chi connectivity index (χ0n) is 17.6. The van der Waals surface area contributed by atoms with E-state index in [1.54, 1.807) is 18.2 Å². The van der Waals surface area contributed by atoms with Crippen molar-refractivity contribution in [3.8, 4) is 0 Å². The van der Waals surface area contributed by atoms with Crippen molar-refractivity contribution in [1.29, 1.82) is 0 Å². The SMILES string of the molecule is CCCCn1c(SC(C)C(=O)Nc2ccc(Cl)cc2Cl)nnc1C(CC)N(C)C. The quantitative estimate of drug-likeness (QED) is 0.475. The molecule has 1 heterocycles. The molecule has 1 aromatic heterocycles. The Morgan fingerprint density at radius 2 is 2.00 bits per heavy atom. The zero-order chi connectivity index (χ0) is 21.6. The Morgan fingerprint density at radius 3 is 2.59 bits per heavy atom. The second kappa shape index (κ2) is 11.2. The third-order valence-electron chi connectivity index (χ3n) is 4.63. The Hall–Kier alpha value is -1.28. The summed E-state index contributed by atoms with van der Waals surface area (Å²) in [6, 6.07) is 5.19. The first kappa shape index (κ1) is 24.0. The molecule has 160 valence electrons. The maximum atomic E-state index is 12.7. The standard InChI is InChI=1S/C20H29Cl2N5OS/c1-6-8-11-27-18(17(7-2)26(4)5)24-25-20(27)29-13(3)19(28)23-16-10-9-14(21)12-15(16)22/h9-10,12-13,17H,6-8,11H2,1-5H3,(H,23,28). The number of nitrogens with zero attached hydrogens (tertiary/aromatic N) is 4. The van der Waals surface area contributed by atoms with E-state index in [9.17, 15) is 4.79 Å². The summed E-state index contributed by atoms with van der Waals surface area (Å²) in [5.74, 6) is 0.798. The minimum Gasteiger partial charge on any atom is -0.324 e. The van der Waals surface area contributed by atoms with Crippen molar-refractivity contribution in [2.24, 2.45) is 0 Å². The van der Waals surface area contributed by atoms with Crippen LogP contribution in [0.15, 0.2) is 23.4 Å². The summed E-state index contributed by atoms with van der Waals surface area (Å²) in [5.41, 5.74) is 0.542. The van der Waals surface area contributed by atoms with E-state index >= 15 is 0 Å². The van der Waals surface area contributed by atoms with E-state index in [4.69, 9.17) is 23.2 Å². The predicted molar refractivity (Wildman–Crippen MR) is 122 cm³/mol. The number of benzene rings is 1. The number of aromatic nitrogens is 3. The third-order valence-corrected chi connectivity index (χ3v) is 6.26. The van der Waals surface area contributed by atoms with Gasteiger partial charge in [0.1, 0.15) is 0 Å². The lowest BCUT2D eigenvalue weighted by Crippen LogP contribution is -2.24. The van der Waals surface area contributed by atoms with E-state index < -0.39 is 0 Å². The summed E-state index contributed by atoms with van der Waals surface area (Å²) in [4.78, 5) is 14.8. The Balaban J connectivity index is 2.18. The number of thioether (sulfide) groups is 1. The molecule has 2 atom stereocenters. The number of amides is 1. The first-order valence-corrected chi connectivity index (χ1v) is 11.4. The molecular weight excluding hydrogens is 429 g/mol. The van der Waals surface area contributed by atoms with Gasteiger partial charge in [0.15, 0.2) is 11.0 Å². The minimum atomic E-state index is -0.362. The van der Waals surface area contributed by atoms with Crippen LogP contribution in [0, 0.1) is 0 Å². The van der Waals surface area contributed by atoms with Crippen LogP contribution in [0.1, 0.15) is 51.9 Å². The van der Waals surface area contributed by atoms with E-state index in [0.717, 1.165) is 36.8 Å². The molecule has 2 unspecified atom stereocenters. The number of nitrogens with one attached hydrogen (secondary N) is 1. The monoisotopic (exact) mass is 457 g/mol. The van der Waals surface area contributed by atoms with Gasteiger partial charge >= 0.3 is 0 Å². The smallest absolute Gasteiger partial charge is 0.237 e. The third kappa shape index (κ3) is 6.35. The molecule has 0 aliphatic heterocycles. The second-order valence-corrected chi connectivity index (χ2v) is 9.26. The fourth-order valence-corrected chi connectivity index (χ4v) is 4.31. The number of rotatable bonds is 10. The van der Waals surface area contributed by atoms with Crippen LogP contribution in [0.4, 0.5) is 5.69 Å². The molecule has 0 radical (unpaired) electrons. The van der Waals surface area contributed by atoms with E-state index in [-0.39, 0.29) is 17.2 Å². The zero-order valence-corrected chi connectivity index (χ0v) is 19.9. The molecule has 0 saturated carbocycles. The van der Waals surface area contributed by atoms with Crippen molar-refractivity contribution >= 4 is 46.6 Å². The molecule has 29 heavy (non-hydrogen) atoms. The Bertz CT molecular complexity index is 827. The number of hydrogen-bond donors (Lipinski definition) is 1. The number of hydrogen-bond acceptors (Lipinski definition) is 5. The van der Waals surface area contributed by atoms with Crippen LogP contribution in [0.25, 0.3) is 0 Å². The van der Waals surface area contributed by atoms with Gasteiger partial charge in [-0.1, -0.05) is 55.2 Å². The normalized spacial score (nSPS) is 13.5. The van der Waals surface area contributed by atoms with Gasteiger partial charge in [-0.2, -0.15) is 0 Å². The van der Waals surface area contributed by atoms with Gasteiger partial charge in [0.25, 0.3) is 0 Å². The molecule has 1 N–H and O–H groups in total. The van der Waals surface area contributed by atoms with Crippen molar-refractivity contribution in [3.63, 3.8) is 0 Å². The van der Waals surface area contributed by atoms with Crippen molar-refractivity contribution in [2.45, 2.75) is 63.0 Å². The summed E-state index contributed by atoms with van der Waals surface area (Å²) in [6.45, 7) is 6.99. The lowest BCUT2D eigenvalue weighted by atomic mass is 10.2. The van der Waals surface area contributed by atoms with Crippen molar-refractivity contribution in [2.75, 3.05) is 19.4 Å². The van der Waals surface area contributed by atoms with Crippen LogP contribution in [0.2, 0.25) is 10.0 Å². The summed E-state index contributed by atoms with van der Waals surface area (Å²) >= 11 is 13.5. The van der Waals surface area contributed by atoms with Gasteiger partial charge in [0, 0.05) is 11.6 Å². The van der Waals surface area contributed by atoms with E-state index in [0.29, 0.717) is 15.7 Å². The summed E-state index contributed by atoms with van der Waals surface area (Å²) in [5, 5.41) is 13.1. The minimum absolute atomic E-state index is 0.148. The Morgan fingerprint density at radius 1 is 1.28 bits per heavy atom. The molecule has 0 bridgehead atoms. The molecule has 0 spiro atoms. The van der Waals surface area contributed by atoms with Gasteiger partial charge in [-0.3, -0.25) is 9.69 Å². The highest BCUT2D eigenvalue weighted by Gasteiger charge is 2.24. The van der Waals surface area contributed by atoms with E-state index in [1.807, 2.05) is 21.0 Å². The molecule has 0 aliphatic carbocycles. The van der Waals surface area contributed by atoms with Crippen molar-refractivity contribution < 1.29 is 4.79 Å². The fraction of sp³-hybridized carbons (Fsp3) is 0.550. The van der Waals surface area contributed by atoms with Crippen LogP contribution in [-0.2, 0) is 11.3 Å². The molecule has 1 amide bonds. The largest absolute Gasteiger partial charge is 0.324 e. The first-order chi connectivity index (χ1) is 13.8. The van der Waals surface area contributed by atoms with E-state index in [1.165, 1.54) is 11.8 Å². The van der Waals surface area contributed by atoms with Crippen LogP contribution < -0.4 is 5.32 Å². The maximum Gasteiger partial charge on any atom is 0.237 e. The molecule has 0 saturated heterocycles. The molecule has 6 nitrogen and oxygen atoms in total. The molecule has 0 fully saturated rings. The van der Waals surface area contributed by atoms with Gasteiger partial charge in [0.05, 0.1) is 22.0 Å². The number of unbranched alkanes of at least 4 members (excludes halogenated alkanes) is 1. The predicted octanol–water partition coefficient (Wildman–Crippen LogP) is 5.52. The van der Waals surface area contributed by atoms with Crippen LogP contribution >= 0.6 is 35.0 Å².